The molecule has 1 fully saturated rings. The lowest BCUT2D eigenvalue weighted by Gasteiger charge is -2.26. The maximum Gasteiger partial charge on any atom is 0.240 e. The van der Waals surface area contributed by atoms with Crippen LogP contribution in [0.4, 0.5) is 11.4 Å². The summed E-state index contributed by atoms with van der Waals surface area (Å²) in [5.74, 6) is -0.834. The van der Waals surface area contributed by atoms with Gasteiger partial charge in [-0.3, -0.25) is 18.6 Å². The molecule has 2 N–H and O–H groups in total. The van der Waals surface area contributed by atoms with E-state index in [1.807, 2.05) is 13.0 Å². The number of aryl methyl sites for hydroxylation is 1. The van der Waals surface area contributed by atoms with Gasteiger partial charge in [-0.2, -0.15) is 0 Å². The molecule has 1 saturated carbocycles. The van der Waals surface area contributed by atoms with E-state index in [0.717, 1.165) is 31.2 Å². The first-order valence-corrected chi connectivity index (χ1v) is 13.6. The Morgan fingerprint density at radius 3 is 2.53 bits per heavy atom. The summed E-state index contributed by atoms with van der Waals surface area (Å²) in [7, 11) is -1.76. The van der Waals surface area contributed by atoms with E-state index in [2.05, 4.69) is 10.6 Å². The van der Waals surface area contributed by atoms with E-state index in [-0.39, 0.29) is 36.8 Å². The van der Waals surface area contributed by atoms with Crippen molar-refractivity contribution in [2.45, 2.75) is 45.1 Å². The van der Waals surface area contributed by atoms with Crippen molar-refractivity contribution in [1.29, 1.82) is 0 Å². The molecule has 2 aromatic rings. The van der Waals surface area contributed by atoms with E-state index in [1.165, 1.54) is 11.3 Å². The van der Waals surface area contributed by atoms with Crippen molar-refractivity contribution in [3.05, 3.63) is 48.0 Å². The summed E-state index contributed by atoms with van der Waals surface area (Å²) in [6.07, 6.45) is 5.21. The predicted octanol–water partition coefficient (Wildman–Crippen LogP) is 2.89. The smallest absolute Gasteiger partial charge is 0.240 e. The highest BCUT2D eigenvalue weighted by molar-refractivity contribution is 7.86. The third kappa shape index (κ3) is 7.07. The normalized spacial score (nSPS) is 15.7. The van der Waals surface area contributed by atoms with Crippen LogP contribution in [0.5, 0.6) is 11.5 Å². The number of carbonyl (C=O) groups excluding carboxylic acids is 3. The fourth-order valence-electron chi connectivity index (χ4n) is 4.37. The maximum absolute atomic E-state index is 13.2. The van der Waals surface area contributed by atoms with E-state index >= 15 is 0 Å². The van der Waals surface area contributed by atoms with Crippen LogP contribution in [0.15, 0.2) is 42.5 Å². The molecular weight excluding hydrogens is 482 g/mol. The van der Waals surface area contributed by atoms with Crippen molar-refractivity contribution >= 4 is 39.9 Å². The third-order valence-electron chi connectivity index (χ3n) is 6.12. The van der Waals surface area contributed by atoms with E-state index in [9.17, 15) is 18.6 Å². The Bertz CT molecular complexity index is 1150. The lowest BCUT2D eigenvalue weighted by atomic mass is 9.95. The molecule has 192 valence electrons. The van der Waals surface area contributed by atoms with Crippen LogP contribution < -0.4 is 25.0 Å². The fraction of sp³-hybridized carbons (Fsp3) is 0.423. The number of nitrogens with one attached hydrogen (secondary N) is 2. The van der Waals surface area contributed by atoms with Crippen molar-refractivity contribution in [2.75, 3.05) is 35.1 Å². The van der Waals surface area contributed by atoms with Gasteiger partial charge in [0.2, 0.25) is 24.5 Å². The van der Waals surface area contributed by atoms with Gasteiger partial charge in [-0.05, 0) is 49.6 Å². The van der Waals surface area contributed by atoms with Crippen LogP contribution in [0.3, 0.4) is 0 Å². The van der Waals surface area contributed by atoms with Crippen molar-refractivity contribution in [1.82, 2.24) is 5.32 Å². The minimum Gasteiger partial charge on any atom is -0.454 e. The predicted molar refractivity (Wildman–Crippen MR) is 138 cm³/mol. The minimum atomic E-state index is -1.76. The highest BCUT2D eigenvalue weighted by atomic mass is 32.2. The number of hydrogen-bond donors (Lipinski definition) is 2. The molecule has 1 heterocycles. The highest BCUT2D eigenvalue weighted by Crippen LogP contribution is 2.34. The first-order chi connectivity index (χ1) is 17.4. The standard InChI is InChI=1S/C26H31N3O6S/c1-18-6-5-9-21(12-18)29(14-24(30)27-19-7-3-2-4-8-19)26(32)16-36(33)15-25(31)28-20-10-11-22-23(13-20)35-17-34-22/h5-6,9-13,19H,2-4,7-8,14-17H2,1H3,(H,27,30)(H,28,31). The molecule has 36 heavy (non-hydrogen) atoms. The molecule has 0 radical (unpaired) electrons. The number of hydrogen-bond acceptors (Lipinski definition) is 6. The van der Waals surface area contributed by atoms with Gasteiger partial charge >= 0.3 is 0 Å². The molecule has 2 aliphatic rings. The minimum absolute atomic E-state index is 0.120. The summed E-state index contributed by atoms with van der Waals surface area (Å²) in [5.41, 5.74) is 1.97. The van der Waals surface area contributed by atoms with Gasteiger partial charge in [-0.25, -0.2) is 0 Å². The Hall–Kier alpha value is -3.40. The molecule has 1 aliphatic heterocycles. The summed E-state index contributed by atoms with van der Waals surface area (Å²) in [4.78, 5) is 39.7. The summed E-state index contributed by atoms with van der Waals surface area (Å²) in [6.45, 7) is 1.85. The Labute approximate surface area is 213 Å². The van der Waals surface area contributed by atoms with Crippen LogP contribution in [0, 0.1) is 6.92 Å². The summed E-state index contributed by atoms with van der Waals surface area (Å²) in [5, 5.41) is 5.69. The van der Waals surface area contributed by atoms with Crippen LogP contribution in [0.25, 0.3) is 0 Å². The van der Waals surface area contributed by atoms with E-state index in [4.69, 9.17) is 9.47 Å². The molecule has 4 rings (SSSR count). The monoisotopic (exact) mass is 513 g/mol. The second-order valence-electron chi connectivity index (χ2n) is 9.07. The van der Waals surface area contributed by atoms with E-state index in [1.54, 1.807) is 36.4 Å². The van der Waals surface area contributed by atoms with Crippen molar-refractivity contribution in [2.24, 2.45) is 0 Å². The number of anilines is 2. The van der Waals surface area contributed by atoms with Crippen LogP contribution in [0.1, 0.15) is 37.7 Å². The Morgan fingerprint density at radius 2 is 1.75 bits per heavy atom. The van der Waals surface area contributed by atoms with Crippen LogP contribution >= 0.6 is 0 Å². The SMILES string of the molecule is Cc1cccc(N(CC(=O)NC2CCCCC2)C(=O)CS(=O)CC(=O)Nc2ccc3c(c2)OCO3)c1. The van der Waals surface area contributed by atoms with Crippen LogP contribution in [-0.4, -0.2) is 52.8 Å². The molecule has 1 aliphatic carbocycles. The van der Waals surface area contributed by atoms with Gasteiger partial charge in [0.25, 0.3) is 0 Å². The van der Waals surface area contributed by atoms with Gasteiger partial charge < -0.3 is 25.0 Å². The number of rotatable bonds is 9. The zero-order valence-corrected chi connectivity index (χ0v) is 21.1. The van der Waals surface area contributed by atoms with Gasteiger partial charge in [0, 0.05) is 34.3 Å². The van der Waals surface area contributed by atoms with Crippen LogP contribution in [0.2, 0.25) is 0 Å². The molecule has 0 spiro atoms. The number of fused-ring (bicyclic) bond motifs is 1. The topological polar surface area (TPSA) is 114 Å². The second kappa shape index (κ2) is 12.0. The van der Waals surface area contributed by atoms with Gasteiger partial charge in [0.1, 0.15) is 18.1 Å². The van der Waals surface area contributed by atoms with Crippen LogP contribution in [-0.2, 0) is 25.2 Å². The fourth-order valence-corrected chi connectivity index (χ4v) is 5.27. The quantitative estimate of drug-likeness (QED) is 0.533. The second-order valence-corrected chi connectivity index (χ2v) is 10.5. The lowest BCUT2D eigenvalue weighted by molar-refractivity contribution is -0.123. The molecule has 1 atom stereocenters. The number of carbonyl (C=O) groups is 3. The molecule has 9 nitrogen and oxygen atoms in total. The molecule has 3 amide bonds. The zero-order valence-electron chi connectivity index (χ0n) is 20.3. The first-order valence-electron chi connectivity index (χ1n) is 12.1. The van der Waals surface area contributed by atoms with Gasteiger partial charge in [-0.1, -0.05) is 31.4 Å². The van der Waals surface area contributed by atoms with Crippen molar-refractivity contribution in [3.8, 4) is 11.5 Å². The third-order valence-corrected chi connectivity index (χ3v) is 7.27. The number of benzene rings is 2. The van der Waals surface area contributed by atoms with Crippen molar-refractivity contribution < 1.29 is 28.1 Å². The molecule has 10 heteroatoms. The molecular formula is C26H31N3O6S. The Morgan fingerprint density at radius 1 is 0.972 bits per heavy atom. The largest absolute Gasteiger partial charge is 0.454 e. The number of nitrogens with zero attached hydrogens (tertiary/aromatic N) is 1. The van der Waals surface area contributed by atoms with Gasteiger partial charge in [0.15, 0.2) is 11.5 Å². The lowest BCUT2D eigenvalue weighted by Crippen LogP contribution is -2.46. The number of amides is 3. The van der Waals surface area contributed by atoms with E-state index < -0.39 is 22.6 Å². The van der Waals surface area contributed by atoms with Gasteiger partial charge in [-0.15, -0.1) is 0 Å². The molecule has 0 bridgehead atoms. The average molecular weight is 514 g/mol. The first kappa shape index (κ1) is 25.7. The average Bonchev–Trinajstić information content (AvgIpc) is 3.31. The molecule has 2 aromatic carbocycles. The molecule has 0 saturated heterocycles. The summed E-state index contributed by atoms with van der Waals surface area (Å²) in [6, 6.07) is 12.3. The van der Waals surface area contributed by atoms with E-state index in [0.29, 0.717) is 22.9 Å². The van der Waals surface area contributed by atoms with Gasteiger partial charge in [0.05, 0.1) is 0 Å². The van der Waals surface area contributed by atoms with Crippen molar-refractivity contribution in [3.63, 3.8) is 0 Å². The zero-order chi connectivity index (χ0) is 25.5. The number of ether oxygens (including phenoxy) is 2. The Balaban J connectivity index is 1.36. The summed E-state index contributed by atoms with van der Waals surface area (Å²) >= 11 is 0. The molecule has 0 aromatic heterocycles. The summed E-state index contributed by atoms with van der Waals surface area (Å²) < 4.78 is 23.2. The maximum atomic E-state index is 13.2. The molecule has 1 unspecified atom stereocenters. The Kier molecular flexibility index (Phi) is 8.58. The highest BCUT2D eigenvalue weighted by Gasteiger charge is 2.24.